The SMILES string of the molecule is CC(=O)O.CC(C)C[C@H](NC(=O)[C@H](CC(=O)O)NC(=O)[C@H](Cc1ccccc1)NC(=O)[C@@H]1CCCN1C(=O)[C@H](Cc1ccccc1)NC(=O)[C@@H]1CCCN1C(=O)[C@H](CO)NC(=O)[C@@H](N)CC(C)C)C(=O)O. The van der Waals surface area contributed by atoms with E-state index in [9.17, 15) is 58.5 Å². The molecule has 2 aliphatic rings. The molecule has 2 fully saturated rings. The minimum absolute atomic E-state index is 0.00591. The van der Waals surface area contributed by atoms with Gasteiger partial charge in [0.2, 0.25) is 41.4 Å². The monoisotopic (exact) mass is 995 g/mol. The van der Waals surface area contributed by atoms with Crippen LogP contribution in [-0.4, -0.2) is 158 Å². The molecule has 11 N–H and O–H groups in total. The molecule has 22 heteroatoms. The molecule has 0 unspecified atom stereocenters. The van der Waals surface area contributed by atoms with Gasteiger partial charge >= 0.3 is 11.9 Å². The van der Waals surface area contributed by atoms with E-state index >= 15 is 0 Å². The summed E-state index contributed by atoms with van der Waals surface area (Å²) in [7, 11) is 0. The Labute approximate surface area is 412 Å². The Bertz CT molecular complexity index is 2160. The Morgan fingerprint density at radius 1 is 0.577 bits per heavy atom. The normalized spacial score (nSPS) is 17.8. The number of aliphatic carboxylic acids is 3. The van der Waals surface area contributed by atoms with Crippen molar-refractivity contribution in [2.45, 2.75) is 141 Å². The van der Waals surface area contributed by atoms with Gasteiger partial charge in [-0.05, 0) is 61.5 Å². The average Bonchev–Trinajstić information content (AvgIpc) is 4.01. The van der Waals surface area contributed by atoms with Crippen LogP contribution >= 0.6 is 0 Å². The van der Waals surface area contributed by atoms with E-state index in [1.165, 1.54) is 9.80 Å². The highest BCUT2D eigenvalue weighted by molar-refractivity contribution is 5.98. The molecule has 2 heterocycles. The van der Waals surface area contributed by atoms with E-state index in [2.05, 4.69) is 26.6 Å². The van der Waals surface area contributed by atoms with Crippen LogP contribution in [0, 0.1) is 11.8 Å². The van der Waals surface area contributed by atoms with E-state index in [1.807, 2.05) is 13.8 Å². The highest BCUT2D eigenvalue weighted by Gasteiger charge is 2.43. The van der Waals surface area contributed by atoms with Crippen molar-refractivity contribution in [1.82, 2.24) is 36.4 Å². The first kappa shape index (κ1) is 58.4. The van der Waals surface area contributed by atoms with Gasteiger partial charge in [0.1, 0.15) is 42.3 Å². The van der Waals surface area contributed by atoms with Crippen LogP contribution in [-0.2, 0) is 60.8 Å². The highest BCUT2D eigenvalue weighted by Crippen LogP contribution is 2.23. The molecule has 7 amide bonds. The lowest BCUT2D eigenvalue weighted by atomic mass is 10.0. The number of amides is 7. The Balaban J connectivity index is 0.00000320. The van der Waals surface area contributed by atoms with Crippen LogP contribution in [0.2, 0.25) is 0 Å². The summed E-state index contributed by atoms with van der Waals surface area (Å²) < 4.78 is 0. The number of nitrogens with one attached hydrogen (secondary N) is 5. The number of carboxylic acid groups (broad SMARTS) is 3. The third kappa shape index (κ3) is 19.1. The molecule has 0 saturated carbocycles. The molecule has 2 aromatic carbocycles. The van der Waals surface area contributed by atoms with Gasteiger partial charge in [-0.15, -0.1) is 0 Å². The van der Waals surface area contributed by atoms with Crippen molar-refractivity contribution in [3.8, 4) is 0 Å². The Morgan fingerprint density at radius 3 is 1.42 bits per heavy atom. The summed E-state index contributed by atoms with van der Waals surface area (Å²) >= 11 is 0. The second-order valence-electron chi connectivity index (χ2n) is 18.6. The number of benzene rings is 2. The van der Waals surface area contributed by atoms with Crippen LogP contribution in [0.1, 0.15) is 90.7 Å². The maximum absolute atomic E-state index is 14.6. The third-order valence-electron chi connectivity index (χ3n) is 11.7. The van der Waals surface area contributed by atoms with E-state index in [0.29, 0.717) is 30.4 Å². The van der Waals surface area contributed by atoms with Crippen LogP contribution in [0.4, 0.5) is 0 Å². The molecule has 2 aliphatic heterocycles. The van der Waals surface area contributed by atoms with Crippen molar-refractivity contribution < 1.29 is 68.4 Å². The van der Waals surface area contributed by atoms with Gasteiger partial charge in [0.15, 0.2) is 0 Å². The summed E-state index contributed by atoms with van der Waals surface area (Å²) in [5, 5.41) is 49.6. The van der Waals surface area contributed by atoms with Gasteiger partial charge in [-0.2, -0.15) is 0 Å². The molecule has 71 heavy (non-hydrogen) atoms. The molecule has 2 saturated heterocycles. The van der Waals surface area contributed by atoms with Gasteiger partial charge in [-0.1, -0.05) is 88.4 Å². The summed E-state index contributed by atoms with van der Waals surface area (Å²) in [6, 6.07) is 7.22. The van der Waals surface area contributed by atoms with E-state index in [4.69, 9.17) is 15.6 Å². The van der Waals surface area contributed by atoms with Gasteiger partial charge in [0.25, 0.3) is 5.97 Å². The third-order valence-corrected chi connectivity index (χ3v) is 11.7. The lowest BCUT2D eigenvalue weighted by Crippen LogP contribution is -2.60. The molecular weight excluding hydrogens is 925 g/mol. The van der Waals surface area contributed by atoms with E-state index in [1.54, 1.807) is 74.5 Å². The molecule has 0 bridgehead atoms. The van der Waals surface area contributed by atoms with Crippen molar-refractivity contribution in [2.75, 3.05) is 19.7 Å². The molecule has 0 aromatic heterocycles. The van der Waals surface area contributed by atoms with Crippen LogP contribution in [0.5, 0.6) is 0 Å². The molecule has 0 spiro atoms. The summed E-state index contributed by atoms with van der Waals surface area (Å²) in [4.78, 5) is 132. The molecule has 22 nitrogen and oxygen atoms in total. The molecular formula is C49H70N8O14. The first-order valence-electron chi connectivity index (χ1n) is 23.7. The van der Waals surface area contributed by atoms with Gasteiger partial charge in [0, 0.05) is 32.9 Å². The number of likely N-dealkylation sites (tertiary alicyclic amines) is 2. The van der Waals surface area contributed by atoms with Crippen molar-refractivity contribution in [1.29, 1.82) is 0 Å². The number of rotatable bonds is 24. The highest BCUT2D eigenvalue weighted by atomic mass is 16.4. The van der Waals surface area contributed by atoms with Crippen LogP contribution in [0.3, 0.4) is 0 Å². The van der Waals surface area contributed by atoms with Crippen molar-refractivity contribution >= 4 is 59.3 Å². The predicted molar refractivity (Wildman–Crippen MR) is 257 cm³/mol. The van der Waals surface area contributed by atoms with Crippen molar-refractivity contribution in [2.24, 2.45) is 17.6 Å². The van der Waals surface area contributed by atoms with Crippen molar-refractivity contribution in [3.63, 3.8) is 0 Å². The average molecular weight is 995 g/mol. The Kier molecular flexibility index (Phi) is 23.6. The van der Waals surface area contributed by atoms with Crippen LogP contribution in [0.25, 0.3) is 0 Å². The fourth-order valence-electron chi connectivity index (χ4n) is 8.35. The standard InChI is InChI=1S/C47H66N8O12.C2H4O2/c1-27(2)21-31(48)40(59)53-36(26-56)46(65)55-20-12-18-38(55)44(63)51-34(24-30-15-9-6-10-16-30)45(64)54-19-11-17-37(54)43(62)50-32(23-29-13-7-5-8-14-29)41(60)49-33(25-39(57)58)42(61)52-35(47(66)67)22-28(3)4;1-2(3)4/h5-10,13-16,27-28,31-38,56H,11-12,17-26,48H2,1-4H3,(H,49,60)(H,50,62)(H,51,63)(H,52,61)(H,53,59)(H,57,58)(H,66,67);1H3,(H,3,4)/t31-,32-,33-,34-,35-,36-,37-,38-;/m0./s1. The lowest BCUT2D eigenvalue weighted by Gasteiger charge is -2.32. The number of hydrogen-bond donors (Lipinski definition) is 10. The number of carbonyl (C=O) groups is 10. The minimum Gasteiger partial charge on any atom is -0.481 e. The molecule has 2 aromatic rings. The number of carbonyl (C=O) groups excluding carboxylic acids is 7. The molecule has 8 atom stereocenters. The first-order chi connectivity index (χ1) is 33.5. The summed E-state index contributed by atoms with van der Waals surface area (Å²) in [5.74, 6) is -8.96. The number of carboxylic acids is 3. The maximum atomic E-state index is 14.6. The zero-order chi connectivity index (χ0) is 52.9. The fraction of sp³-hybridized carbons (Fsp3) is 0.551. The topological polar surface area (TPSA) is 344 Å². The smallest absolute Gasteiger partial charge is 0.326 e. The fourth-order valence-corrected chi connectivity index (χ4v) is 8.35. The predicted octanol–water partition coefficient (Wildman–Crippen LogP) is -0.0602. The lowest BCUT2D eigenvalue weighted by molar-refractivity contribution is -0.145. The second-order valence-corrected chi connectivity index (χ2v) is 18.6. The Morgan fingerprint density at radius 2 is 0.986 bits per heavy atom. The summed E-state index contributed by atoms with van der Waals surface area (Å²) in [6.45, 7) is 7.86. The molecule has 0 aliphatic carbocycles. The molecule has 0 radical (unpaired) electrons. The second kappa shape index (κ2) is 28.7. The maximum Gasteiger partial charge on any atom is 0.326 e. The van der Waals surface area contributed by atoms with Gasteiger partial charge in [-0.25, -0.2) is 4.79 Å². The van der Waals surface area contributed by atoms with Gasteiger partial charge in [-0.3, -0.25) is 43.2 Å². The Hall–Kier alpha value is -6.94. The summed E-state index contributed by atoms with van der Waals surface area (Å²) in [6.07, 6.45) is 0.603. The van der Waals surface area contributed by atoms with Gasteiger partial charge < -0.3 is 62.5 Å². The first-order valence-corrected chi connectivity index (χ1v) is 23.7. The molecule has 4 rings (SSSR count). The van der Waals surface area contributed by atoms with E-state index < -0.39 is 121 Å². The zero-order valence-corrected chi connectivity index (χ0v) is 40.9. The number of nitrogens with zero attached hydrogens (tertiary/aromatic N) is 2. The van der Waals surface area contributed by atoms with Crippen LogP contribution < -0.4 is 32.3 Å². The summed E-state index contributed by atoms with van der Waals surface area (Å²) in [5.41, 5.74) is 7.29. The number of aliphatic hydroxyl groups excluding tert-OH is 1. The quantitative estimate of drug-likeness (QED) is 0.0659. The van der Waals surface area contributed by atoms with E-state index in [-0.39, 0.29) is 57.0 Å². The minimum atomic E-state index is -1.71. The largest absolute Gasteiger partial charge is 0.481 e. The number of nitrogens with two attached hydrogens (primary N) is 1. The van der Waals surface area contributed by atoms with E-state index in [0.717, 1.165) is 6.92 Å². The van der Waals surface area contributed by atoms with Gasteiger partial charge in [0.05, 0.1) is 19.1 Å². The molecule has 390 valence electrons. The van der Waals surface area contributed by atoms with Crippen LogP contribution in [0.15, 0.2) is 60.7 Å². The van der Waals surface area contributed by atoms with Crippen molar-refractivity contribution in [3.05, 3.63) is 71.8 Å². The number of hydrogen-bond acceptors (Lipinski definition) is 12. The number of aliphatic hydroxyl groups is 1. The zero-order valence-electron chi connectivity index (χ0n) is 40.9.